The zero-order chi connectivity index (χ0) is 19.0. The zero-order valence-corrected chi connectivity index (χ0v) is 15.8. The molecular weight excluding hydrogens is 326 g/mol. The van der Waals surface area contributed by atoms with Gasteiger partial charge in [0.25, 0.3) is 0 Å². The molecule has 0 saturated carbocycles. The summed E-state index contributed by atoms with van der Waals surface area (Å²) in [6.07, 6.45) is 6.52. The van der Waals surface area contributed by atoms with E-state index in [1.807, 2.05) is 23.1 Å². The topological polar surface area (TPSA) is 52.7 Å². The van der Waals surface area contributed by atoms with E-state index in [-0.39, 0.29) is 23.8 Å². The van der Waals surface area contributed by atoms with Crippen LogP contribution in [0, 0.1) is 12.3 Å². The number of carbonyl (C=O) groups is 2. The summed E-state index contributed by atoms with van der Waals surface area (Å²) < 4.78 is 0. The summed E-state index contributed by atoms with van der Waals surface area (Å²) in [7, 11) is 0. The molecule has 0 aromatic heterocycles. The maximum Gasteiger partial charge on any atom is 0.234 e. The first-order chi connectivity index (χ1) is 12.4. The first-order valence-corrected chi connectivity index (χ1v) is 9.18. The lowest BCUT2D eigenvalue weighted by atomic mass is 9.81. The fraction of sp³-hybridized carbons (Fsp3) is 0.524. The van der Waals surface area contributed by atoms with Gasteiger partial charge in [0.2, 0.25) is 11.8 Å². The van der Waals surface area contributed by atoms with Crippen molar-refractivity contribution >= 4 is 11.8 Å². The molecule has 2 rings (SSSR count). The van der Waals surface area contributed by atoms with Crippen LogP contribution in [0.1, 0.15) is 32.3 Å². The summed E-state index contributed by atoms with van der Waals surface area (Å²) in [4.78, 5) is 28.6. The fourth-order valence-electron chi connectivity index (χ4n) is 3.27. The summed E-state index contributed by atoms with van der Waals surface area (Å²) in [5.41, 5.74) is 0.981. The van der Waals surface area contributed by atoms with E-state index < -0.39 is 0 Å². The zero-order valence-electron chi connectivity index (χ0n) is 15.8. The molecule has 1 aromatic rings. The van der Waals surface area contributed by atoms with Gasteiger partial charge in [-0.3, -0.25) is 14.5 Å². The minimum Gasteiger partial charge on any atom is -0.344 e. The van der Waals surface area contributed by atoms with E-state index in [4.69, 9.17) is 6.42 Å². The summed E-state index contributed by atoms with van der Waals surface area (Å²) in [5.74, 6) is 2.52. The molecule has 1 N–H and O–H groups in total. The Morgan fingerprint density at radius 3 is 2.58 bits per heavy atom. The number of terminal acetylenes is 1. The van der Waals surface area contributed by atoms with Crippen LogP contribution in [0.2, 0.25) is 0 Å². The van der Waals surface area contributed by atoms with E-state index in [2.05, 4.69) is 42.1 Å². The molecule has 26 heavy (non-hydrogen) atoms. The lowest BCUT2D eigenvalue weighted by molar-refractivity contribution is -0.132. The molecule has 1 saturated heterocycles. The molecule has 140 valence electrons. The van der Waals surface area contributed by atoms with Crippen LogP contribution in [0.25, 0.3) is 0 Å². The molecule has 1 heterocycles. The molecule has 5 heteroatoms. The maximum absolute atomic E-state index is 12.8. The third-order valence-electron chi connectivity index (χ3n) is 4.84. The Morgan fingerprint density at radius 1 is 1.15 bits per heavy atom. The number of benzene rings is 1. The molecule has 0 aliphatic carbocycles. The van der Waals surface area contributed by atoms with Crippen LogP contribution in [0.4, 0.5) is 0 Å². The Kier molecular flexibility index (Phi) is 7.23. The number of rotatable bonds is 6. The smallest absolute Gasteiger partial charge is 0.234 e. The number of nitrogens with zero attached hydrogens (tertiary/aromatic N) is 2. The first-order valence-electron chi connectivity index (χ1n) is 9.18. The molecule has 0 radical (unpaired) electrons. The standard InChI is InChI=1S/C21H29N3O2/c1-4-11-22-19(25)17-23-12-8-13-24(15-14-23)20(26)16-21(2,3)18-9-6-5-7-10-18/h1,5-7,9-10H,8,11-17H2,2-3H3,(H,22,25). The Hall–Kier alpha value is -2.32. The van der Waals surface area contributed by atoms with Gasteiger partial charge in [-0.2, -0.15) is 0 Å². The van der Waals surface area contributed by atoms with Gasteiger partial charge in [0.15, 0.2) is 0 Å². The highest BCUT2D eigenvalue weighted by molar-refractivity contribution is 5.79. The van der Waals surface area contributed by atoms with E-state index in [1.54, 1.807) is 0 Å². The van der Waals surface area contributed by atoms with Crippen molar-refractivity contribution in [3.63, 3.8) is 0 Å². The Balaban J connectivity index is 1.87. The Bertz CT molecular complexity index is 649. The van der Waals surface area contributed by atoms with Gasteiger partial charge in [-0.1, -0.05) is 50.1 Å². The van der Waals surface area contributed by atoms with Gasteiger partial charge in [0.05, 0.1) is 13.1 Å². The summed E-state index contributed by atoms with van der Waals surface area (Å²) in [6, 6.07) is 10.2. The summed E-state index contributed by atoms with van der Waals surface area (Å²) >= 11 is 0. The highest BCUT2D eigenvalue weighted by Crippen LogP contribution is 2.27. The minimum atomic E-state index is -0.195. The molecule has 1 aromatic carbocycles. The molecule has 5 nitrogen and oxygen atoms in total. The van der Waals surface area contributed by atoms with E-state index in [1.165, 1.54) is 5.56 Å². The van der Waals surface area contributed by atoms with Crippen molar-refractivity contribution in [2.24, 2.45) is 0 Å². The van der Waals surface area contributed by atoms with Crippen LogP contribution < -0.4 is 5.32 Å². The average Bonchev–Trinajstić information content (AvgIpc) is 2.86. The summed E-state index contributed by atoms with van der Waals surface area (Å²) in [5, 5.41) is 2.69. The van der Waals surface area contributed by atoms with Crippen LogP contribution in [0.3, 0.4) is 0 Å². The molecular formula is C21H29N3O2. The van der Waals surface area contributed by atoms with Gasteiger partial charge in [-0.15, -0.1) is 6.42 Å². The lowest BCUT2D eigenvalue weighted by Crippen LogP contribution is -2.41. The summed E-state index contributed by atoms with van der Waals surface area (Å²) in [6.45, 7) is 7.74. The average molecular weight is 355 g/mol. The SMILES string of the molecule is C#CCNC(=O)CN1CCCN(C(=O)CC(C)(C)c2ccccc2)CC1. The third-order valence-corrected chi connectivity index (χ3v) is 4.84. The molecule has 0 spiro atoms. The van der Waals surface area contributed by atoms with Crippen molar-refractivity contribution in [3.8, 4) is 12.3 Å². The number of nitrogens with one attached hydrogen (secondary N) is 1. The van der Waals surface area contributed by atoms with Gasteiger partial charge in [-0.25, -0.2) is 0 Å². The lowest BCUT2D eigenvalue weighted by Gasteiger charge is -2.29. The highest BCUT2D eigenvalue weighted by Gasteiger charge is 2.28. The normalized spacial score (nSPS) is 15.8. The predicted octanol–water partition coefficient (Wildman–Crippen LogP) is 1.64. The van der Waals surface area contributed by atoms with Crippen molar-refractivity contribution in [2.75, 3.05) is 39.3 Å². The maximum atomic E-state index is 12.8. The Labute approximate surface area is 156 Å². The second-order valence-electron chi connectivity index (χ2n) is 7.42. The van der Waals surface area contributed by atoms with Crippen molar-refractivity contribution in [1.29, 1.82) is 0 Å². The predicted molar refractivity (Wildman–Crippen MR) is 104 cm³/mol. The van der Waals surface area contributed by atoms with Crippen LogP contribution in [-0.2, 0) is 15.0 Å². The molecule has 2 amide bonds. The van der Waals surface area contributed by atoms with E-state index in [0.29, 0.717) is 26.1 Å². The van der Waals surface area contributed by atoms with Gasteiger partial charge in [0.1, 0.15) is 0 Å². The molecule has 1 aliphatic rings. The van der Waals surface area contributed by atoms with Gasteiger partial charge < -0.3 is 10.2 Å². The van der Waals surface area contributed by atoms with Crippen molar-refractivity contribution < 1.29 is 9.59 Å². The molecule has 0 bridgehead atoms. The van der Waals surface area contributed by atoms with Crippen molar-refractivity contribution in [1.82, 2.24) is 15.1 Å². The van der Waals surface area contributed by atoms with E-state index in [0.717, 1.165) is 19.5 Å². The van der Waals surface area contributed by atoms with Crippen molar-refractivity contribution in [2.45, 2.75) is 32.1 Å². The number of amides is 2. The molecule has 0 unspecified atom stereocenters. The first kappa shape index (κ1) is 20.0. The monoisotopic (exact) mass is 355 g/mol. The van der Waals surface area contributed by atoms with Crippen molar-refractivity contribution in [3.05, 3.63) is 35.9 Å². The van der Waals surface area contributed by atoms with Gasteiger partial charge >= 0.3 is 0 Å². The van der Waals surface area contributed by atoms with E-state index in [9.17, 15) is 9.59 Å². The van der Waals surface area contributed by atoms with Crippen LogP contribution in [-0.4, -0.2) is 60.9 Å². The molecule has 1 aliphatic heterocycles. The number of hydrogen-bond donors (Lipinski definition) is 1. The van der Waals surface area contributed by atoms with Crippen LogP contribution in [0.5, 0.6) is 0 Å². The quantitative estimate of drug-likeness (QED) is 0.790. The second kappa shape index (κ2) is 9.40. The van der Waals surface area contributed by atoms with Gasteiger partial charge in [0, 0.05) is 32.6 Å². The highest BCUT2D eigenvalue weighted by atomic mass is 16.2. The van der Waals surface area contributed by atoms with Gasteiger partial charge in [-0.05, 0) is 17.4 Å². The second-order valence-corrected chi connectivity index (χ2v) is 7.42. The van der Waals surface area contributed by atoms with Crippen LogP contribution >= 0.6 is 0 Å². The largest absolute Gasteiger partial charge is 0.344 e. The number of hydrogen-bond acceptors (Lipinski definition) is 3. The van der Waals surface area contributed by atoms with E-state index >= 15 is 0 Å². The minimum absolute atomic E-state index is 0.0621. The van der Waals surface area contributed by atoms with Crippen LogP contribution in [0.15, 0.2) is 30.3 Å². The Morgan fingerprint density at radius 2 is 1.88 bits per heavy atom. The molecule has 1 fully saturated rings. The number of carbonyl (C=O) groups excluding carboxylic acids is 2. The molecule has 0 atom stereocenters. The third kappa shape index (κ3) is 5.89. The fourth-order valence-corrected chi connectivity index (χ4v) is 3.27.